The molecule has 0 saturated carbocycles. The van der Waals surface area contributed by atoms with Gasteiger partial charge in [-0.05, 0) is 0 Å². The maximum absolute atomic E-state index is 11.9. The van der Waals surface area contributed by atoms with Crippen LogP contribution in [-0.2, 0) is 0 Å². The lowest BCUT2D eigenvalue weighted by molar-refractivity contribution is -0.131. The van der Waals surface area contributed by atoms with Crippen LogP contribution in [0.3, 0.4) is 0 Å². The van der Waals surface area contributed by atoms with E-state index < -0.39 is 12.6 Å². The van der Waals surface area contributed by atoms with Crippen LogP contribution < -0.4 is 16.4 Å². The fourth-order valence-corrected chi connectivity index (χ4v) is 0.997. The van der Waals surface area contributed by atoms with Gasteiger partial charge in [-0.2, -0.15) is 28.1 Å². The summed E-state index contributed by atoms with van der Waals surface area (Å²) in [6.45, 7) is -0.174. The fraction of sp³-hybridized carbons (Fsp3) is 0.444. The van der Waals surface area contributed by atoms with Gasteiger partial charge in [-0.1, -0.05) is 5.92 Å². The standard InChI is InChI=1S/C9H11F3N6/c1-2-4-14-7-16-6(13)17-8(18-7)15-5-3-9(10,11)12/h1H,3-5H2,(H4,13,14,15,16,17,18). The molecule has 9 heteroatoms. The molecule has 0 aromatic carbocycles. The first-order chi connectivity index (χ1) is 8.40. The van der Waals surface area contributed by atoms with Crippen molar-refractivity contribution in [1.29, 1.82) is 0 Å². The number of halogens is 3. The molecule has 6 nitrogen and oxygen atoms in total. The Morgan fingerprint density at radius 3 is 2.33 bits per heavy atom. The third kappa shape index (κ3) is 5.20. The van der Waals surface area contributed by atoms with Gasteiger partial charge >= 0.3 is 6.18 Å². The highest BCUT2D eigenvalue weighted by molar-refractivity contribution is 5.40. The second kappa shape index (κ2) is 5.90. The number of nitrogens with two attached hydrogens (primary N) is 1. The van der Waals surface area contributed by atoms with Gasteiger partial charge in [0.2, 0.25) is 17.8 Å². The van der Waals surface area contributed by atoms with Gasteiger partial charge < -0.3 is 16.4 Å². The topological polar surface area (TPSA) is 88.8 Å². The zero-order valence-corrected chi connectivity index (χ0v) is 9.25. The summed E-state index contributed by atoms with van der Waals surface area (Å²) in [6, 6.07) is 0. The van der Waals surface area contributed by atoms with Crippen molar-refractivity contribution in [3.05, 3.63) is 0 Å². The Labute approximate surface area is 101 Å². The van der Waals surface area contributed by atoms with Crippen LogP contribution in [0.25, 0.3) is 0 Å². The molecule has 0 bridgehead atoms. The van der Waals surface area contributed by atoms with Crippen LogP contribution in [0.5, 0.6) is 0 Å². The second-order valence-corrected chi connectivity index (χ2v) is 3.19. The molecule has 1 aromatic rings. The molecule has 0 aliphatic rings. The quantitative estimate of drug-likeness (QED) is 0.680. The van der Waals surface area contributed by atoms with E-state index in [1.165, 1.54) is 0 Å². The minimum atomic E-state index is -4.24. The summed E-state index contributed by atoms with van der Waals surface area (Å²) >= 11 is 0. The number of alkyl halides is 3. The lowest BCUT2D eigenvalue weighted by Crippen LogP contribution is -2.17. The zero-order valence-electron chi connectivity index (χ0n) is 9.25. The van der Waals surface area contributed by atoms with E-state index in [1.807, 2.05) is 0 Å². The van der Waals surface area contributed by atoms with Gasteiger partial charge in [0.15, 0.2) is 0 Å². The number of terminal acetylenes is 1. The molecule has 0 amide bonds. The molecule has 0 spiro atoms. The Morgan fingerprint density at radius 1 is 1.17 bits per heavy atom. The molecule has 0 saturated heterocycles. The Hall–Kier alpha value is -2.24. The van der Waals surface area contributed by atoms with E-state index in [4.69, 9.17) is 12.2 Å². The third-order valence-electron chi connectivity index (χ3n) is 1.69. The fourth-order valence-electron chi connectivity index (χ4n) is 0.997. The minimum absolute atomic E-state index is 0.0359. The van der Waals surface area contributed by atoms with Gasteiger partial charge in [-0.3, -0.25) is 0 Å². The van der Waals surface area contributed by atoms with E-state index in [2.05, 4.69) is 31.5 Å². The van der Waals surface area contributed by atoms with Crippen LogP contribution in [0.2, 0.25) is 0 Å². The summed E-state index contributed by atoms with van der Waals surface area (Å²) in [4.78, 5) is 11.2. The minimum Gasteiger partial charge on any atom is -0.368 e. The predicted molar refractivity (Wildman–Crippen MR) is 60.7 cm³/mol. The van der Waals surface area contributed by atoms with Crippen molar-refractivity contribution in [2.24, 2.45) is 0 Å². The monoisotopic (exact) mass is 260 g/mol. The molecule has 1 heterocycles. The molecule has 1 aromatic heterocycles. The Balaban J connectivity index is 2.60. The highest BCUT2D eigenvalue weighted by Gasteiger charge is 2.26. The lowest BCUT2D eigenvalue weighted by Gasteiger charge is -2.09. The van der Waals surface area contributed by atoms with Crippen LogP contribution in [0, 0.1) is 12.3 Å². The first kappa shape index (κ1) is 13.8. The molecule has 0 atom stereocenters. The molecule has 98 valence electrons. The summed E-state index contributed by atoms with van der Waals surface area (Å²) < 4.78 is 35.8. The maximum Gasteiger partial charge on any atom is 0.390 e. The van der Waals surface area contributed by atoms with Gasteiger partial charge in [0.05, 0.1) is 13.0 Å². The van der Waals surface area contributed by atoms with Crippen molar-refractivity contribution in [3.8, 4) is 12.3 Å². The van der Waals surface area contributed by atoms with E-state index in [0.29, 0.717) is 0 Å². The van der Waals surface area contributed by atoms with Crippen LogP contribution in [0.1, 0.15) is 6.42 Å². The number of hydrogen-bond donors (Lipinski definition) is 3. The van der Waals surface area contributed by atoms with Crippen molar-refractivity contribution in [3.63, 3.8) is 0 Å². The number of hydrogen-bond acceptors (Lipinski definition) is 6. The molecular weight excluding hydrogens is 249 g/mol. The lowest BCUT2D eigenvalue weighted by atomic mass is 10.4. The number of aromatic nitrogens is 3. The summed E-state index contributed by atoms with van der Waals surface area (Å²) in [7, 11) is 0. The zero-order chi connectivity index (χ0) is 13.6. The largest absolute Gasteiger partial charge is 0.390 e. The molecule has 0 aliphatic heterocycles. The molecule has 0 aliphatic carbocycles. The summed E-state index contributed by atoms with van der Waals surface area (Å²) in [5, 5.41) is 5.05. The first-order valence-corrected chi connectivity index (χ1v) is 4.90. The van der Waals surface area contributed by atoms with Crippen LogP contribution in [0.15, 0.2) is 0 Å². The Bertz CT molecular complexity index is 439. The van der Waals surface area contributed by atoms with Gasteiger partial charge in [-0.15, -0.1) is 6.42 Å². The van der Waals surface area contributed by atoms with Crippen molar-refractivity contribution in [1.82, 2.24) is 15.0 Å². The van der Waals surface area contributed by atoms with Crippen LogP contribution >= 0.6 is 0 Å². The number of anilines is 3. The first-order valence-electron chi connectivity index (χ1n) is 4.90. The van der Waals surface area contributed by atoms with E-state index in [1.54, 1.807) is 0 Å². The number of rotatable bonds is 5. The summed E-state index contributed by atoms with van der Waals surface area (Å²) in [5.41, 5.74) is 5.37. The summed E-state index contributed by atoms with van der Waals surface area (Å²) in [6.07, 6.45) is -0.209. The van der Waals surface area contributed by atoms with Gasteiger partial charge in [0.25, 0.3) is 0 Å². The average molecular weight is 260 g/mol. The summed E-state index contributed by atoms with van der Waals surface area (Å²) in [5.74, 6) is 2.26. The van der Waals surface area contributed by atoms with Crippen LogP contribution in [-0.4, -0.2) is 34.2 Å². The highest BCUT2D eigenvalue weighted by atomic mass is 19.4. The van der Waals surface area contributed by atoms with Crippen molar-refractivity contribution in [2.45, 2.75) is 12.6 Å². The Morgan fingerprint density at radius 2 is 1.78 bits per heavy atom. The SMILES string of the molecule is C#CCNc1nc(N)nc(NCCC(F)(F)F)n1. The van der Waals surface area contributed by atoms with Crippen molar-refractivity contribution >= 4 is 17.8 Å². The molecule has 1 rings (SSSR count). The maximum atomic E-state index is 11.9. The highest BCUT2D eigenvalue weighted by Crippen LogP contribution is 2.19. The number of nitrogens with zero attached hydrogens (tertiary/aromatic N) is 3. The van der Waals surface area contributed by atoms with E-state index >= 15 is 0 Å². The third-order valence-corrected chi connectivity index (χ3v) is 1.69. The van der Waals surface area contributed by atoms with E-state index in [9.17, 15) is 13.2 Å². The smallest absolute Gasteiger partial charge is 0.368 e. The molecule has 0 unspecified atom stereocenters. The number of nitrogen functional groups attached to an aromatic ring is 1. The molecule has 4 N–H and O–H groups in total. The van der Waals surface area contributed by atoms with Gasteiger partial charge in [-0.25, -0.2) is 0 Å². The Kier molecular flexibility index (Phi) is 4.53. The molecule has 0 radical (unpaired) electrons. The molecular formula is C9H11F3N6. The van der Waals surface area contributed by atoms with Gasteiger partial charge in [0.1, 0.15) is 0 Å². The average Bonchev–Trinajstić information content (AvgIpc) is 2.24. The normalized spacial score (nSPS) is 10.8. The second-order valence-electron chi connectivity index (χ2n) is 3.19. The molecule has 18 heavy (non-hydrogen) atoms. The predicted octanol–water partition coefficient (Wildman–Crippen LogP) is 0.863. The van der Waals surface area contributed by atoms with Crippen molar-refractivity contribution < 1.29 is 13.2 Å². The molecule has 0 fully saturated rings. The van der Waals surface area contributed by atoms with Crippen molar-refractivity contribution in [2.75, 3.05) is 29.5 Å². The van der Waals surface area contributed by atoms with E-state index in [0.717, 1.165) is 0 Å². The van der Waals surface area contributed by atoms with E-state index in [-0.39, 0.29) is 30.9 Å². The van der Waals surface area contributed by atoms with Crippen LogP contribution in [0.4, 0.5) is 31.0 Å². The number of nitrogens with one attached hydrogen (secondary N) is 2. The van der Waals surface area contributed by atoms with Gasteiger partial charge in [0, 0.05) is 6.54 Å².